The molecule has 0 unspecified atom stereocenters. The number of Topliss-reactive ketones (excluding diaryl/α,β-unsaturated/α-hetero) is 1. The van der Waals surface area contributed by atoms with Gasteiger partial charge in [-0.05, 0) is 84.7 Å². The van der Waals surface area contributed by atoms with Gasteiger partial charge < -0.3 is 0 Å². The SMILES string of the molecule is CC[C@H]1Cc2ncccc2S(=O)(=O)N(Cc2cc([C@@H](c3ccc4c(nnn4CC)c3C)C(C)(C)C(=O)Cc3cncnc3)ccc2C)C1. The largest absolute Gasteiger partial charge is 0.299 e. The number of benzene rings is 2. The van der Waals surface area contributed by atoms with Crippen molar-refractivity contribution in [1.82, 2.24) is 34.3 Å². The maximum atomic E-state index is 14.2. The summed E-state index contributed by atoms with van der Waals surface area (Å²) >= 11 is 0. The third-order valence-corrected chi connectivity index (χ3v) is 11.9. The maximum absolute atomic E-state index is 14.2. The summed E-state index contributed by atoms with van der Waals surface area (Å²) in [4.78, 5) is 27.2. The van der Waals surface area contributed by atoms with Crippen LogP contribution < -0.4 is 0 Å². The molecule has 0 saturated carbocycles. The molecule has 0 spiro atoms. The van der Waals surface area contributed by atoms with Crippen molar-refractivity contribution in [3.8, 4) is 0 Å². The van der Waals surface area contributed by atoms with E-state index in [1.54, 1.807) is 35.0 Å². The minimum Gasteiger partial charge on any atom is -0.299 e. The first-order chi connectivity index (χ1) is 22.9. The van der Waals surface area contributed by atoms with Crippen LogP contribution in [0.2, 0.25) is 0 Å². The molecule has 10 nitrogen and oxygen atoms in total. The van der Waals surface area contributed by atoms with E-state index in [0.717, 1.165) is 50.8 Å². The summed E-state index contributed by atoms with van der Waals surface area (Å²) < 4.78 is 31.6. The monoisotopic (exact) mass is 665 g/mol. The number of rotatable bonds is 10. The highest BCUT2D eigenvalue weighted by molar-refractivity contribution is 7.89. The fourth-order valence-electron chi connectivity index (χ4n) is 7.04. The average Bonchev–Trinajstić information content (AvgIpc) is 3.46. The number of hydrogen-bond donors (Lipinski definition) is 0. The van der Waals surface area contributed by atoms with Gasteiger partial charge in [0, 0.05) is 56.0 Å². The van der Waals surface area contributed by atoms with Crippen LogP contribution in [0.25, 0.3) is 11.0 Å². The fraction of sp³-hybridized carbons (Fsp3) is 0.405. The third kappa shape index (κ3) is 6.17. The van der Waals surface area contributed by atoms with Crippen LogP contribution in [0.4, 0.5) is 0 Å². The van der Waals surface area contributed by atoms with Crippen molar-refractivity contribution >= 4 is 26.8 Å². The molecule has 0 amide bonds. The molecule has 0 radical (unpaired) electrons. The van der Waals surface area contributed by atoms with E-state index in [1.807, 2.05) is 51.4 Å². The molecular weight excluding hydrogens is 623 g/mol. The number of carbonyl (C=O) groups excluding carboxylic acids is 1. The molecule has 2 aromatic carbocycles. The molecule has 0 fully saturated rings. The molecule has 11 heteroatoms. The van der Waals surface area contributed by atoms with Crippen LogP contribution in [-0.4, -0.2) is 55.0 Å². The van der Waals surface area contributed by atoms with Crippen LogP contribution in [0, 0.1) is 25.2 Å². The van der Waals surface area contributed by atoms with Crippen molar-refractivity contribution in [2.75, 3.05) is 6.54 Å². The summed E-state index contributed by atoms with van der Waals surface area (Å²) in [5.41, 5.74) is 7.04. The van der Waals surface area contributed by atoms with Crippen LogP contribution >= 0.6 is 0 Å². The summed E-state index contributed by atoms with van der Waals surface area (Å²) in [5, 5.41) is 8.88. The van der Waals surface area contributed by atoms with Gasteiger partial charge in [-0.3, -0.25) is 9.78 Å². The van der Waals surface area contributed by atoms with Gasteiger partial charge in [-0.25, -0.2) is 23.1 Å². The van der Waals surface area contributed by atoms with Gasteiger partial charge in [-0.15, -0.1) is 5.10 Å². The molecule has 0 aliphatic carbocycles. The molecule has 48 heavy (non-hydrogen) atoms. The van der Waals surface area contributed by atoms with Crippen LogP contribution in [0.5, 0.6) is 0 Å². The minimum absolute atomic E-state index is 0.0473. The Balaban J connectivity index is 1.46. The molecule has 5 aromatic rings. The number of carbonyl (C=O) groups is 1. The van der Waals surface area contributed by atoms with Crippen molar-refractivity contribution in [3.63, 3.8) is 0 Å². The van der Waals surface area contributed by atoms with Gasteiger partial charge in [0.15, 0.2) is 0 Å². The first-order valence-electron chi connectivity index (χ1n) is 16.6. The Morgan fingerprint density at radius 1 is 1.06 bits per heavy atom. The smallest absolute Gasteiger partial charge is 0.245 e. The van der Waals surface area contributed by atoms with E-state index in [-0.39, 0.29) is 35.5 Å². The molecule has 6 rings (SSSR count). The molecule has 0 bridgehead atoms. The first kappa shape index (κ1) is 33.5. The molecule has 1 aliphatic rings. The summed E-state index contributed by atoms with van der Waals surface area (Å²) in [5.74, 6) is -0.165. The second-order valence-corrected chi connectivity index (χ2v) is 15.4. The Labute approximate surface area is 282 Å². The van der Waals surface area contributed by atoms with E-state index in [0.29, 0.717) is 25.2 Å². The number of hydrogen-bond acceptors (Lipinski definition) is 8. The van der Waals surface area contributed by atoms with E-state index in [9.17, 15) is 13.2 Å². The maximum Gasteiger partial charge on any atom is 0.245 e. The highest BCUT2D eigenvalue weighted by Gasteiger charge is 2.40. The van der Waals surface area contributed by atoms with Gasteiger partial charge in [-0.1, -0.05) is 56.7 Å². The molecule has 2 atom stereocenters. The van der Waals surface area contributed by atoms with E-state index >= 15 is 0 Å². The summed E-state index contributed by atoms with van der Waals surface area (Å²) in [6.07, 6.45) is 8.14. The van der Waals surface area contributed by atoms with E-state index in [4.69, 9.17) is 0 Å². The highest BCUT2D eigenvalue weighted by Crippen LogP contribution is 2.45. The number of nitrogens with zero attached hydrogens (tertiary/aromatic N) is 7. The highest BCUT2D eigenvalue weighted by atomic mass is 32.2. The van der Waals surface area contributed by atoms with Crippen LogP contribution in [0.15, 0.2) is 72.3 Å². The quantitative estimate of drug-likeness (QED) is 0.178. The van der Waals surface area contributed by atoms with Crippen LogP contribution in [0.3, 0.4) is 0 Å². The lowest BCUT2D eigenvalue weighted by Gasteiger charge is -2.35. The number of aromatic nitrogens is 6. The van der Waals surface area contributed by atoms with E-state index < -0.39 is 15.4 Å². The zero-order valence-electron chi connectivity index (χ0n) is 28.5. The average molecular weight is 666 g/mol. The second kappa shape index (κ2) is 13.3. The molecule has 1 aliphatic heterocycles. The van der Waals surface area contributed by atoms with Crippen molar-refractivity contribution in [2.45, 2.75) is 84.7 Å². The van der Waals surface area contributed by atoms with Crippen molar-refractivity contribution in [3.05, 3.63) is 106 Å². The molecule has 0 N–H and O–H groups in total. The van der Waals surface area contributed by atoms with Crippen molar-refractivity contribution < 1.29 is 13.2 Å². The first-order valence-corrected chi connectivity index (χ1v) is 18.0. The summed E-state index contributed by atoms with van der Waals surface area (Å²) in [6.45, 7) is 13.5. The van der Waals surface area contributed by atoms with Crippen molar-refractivity contribution in [2.24, 2.45) is 11.3 Å². The Morgan fingerprint density at radius 2 is 1.83 bits per heavy atom. The second-order valence-electron chi connectivity index (χ2n) is 13.5. The molecule has 0 saturated heterocycles. The number of pyridine rings is 1. The predicted molar refractivity (Wildman–Crippen MR) is 185 cm³/mol. The Kier molecular flexibility index (Phi) is 9.28. The normalized spacial score (nSPS) is 17.2. The molecule has 4 heterocycles. The molecule has 250 valence electrons. The summed E-state index contributed by atoms with van der Waals surface area (Å²) in [7, 11) is -3.78. The lowest BCUT2D eigenvalue weighted by atomic mass is 9.66. The van der Waals surface area contributed by atoms with Gasteiger partial charge in [0.1, 0.15) is 22.5 Å². The van der Waals surface area contributed by atoms with Crippen LogP contribution in [-0.2, 0) is 40.7 Å². The predicted octanol–water partition coefficient (Wildman–Crippen LogP) is 6.00. The van der Waals surface area contributed by atoms with Crippen LogP contribution in [0.1, 0.15) is 79.1 Å². The van der Waals surface area contributed by atoms with E-state index in [1.165, 1.54) is 6.33 Å². The topological polar surface area (TPSA) is 124 Å². The zero-order valence-corrected chi connectivity index (χ0v) is 29.3. The minimum atomic E-state index is -3.78. The number of sulfonamides is 1. The van der Waals surface area contributed by atoms with Gasteiger partial charge in [0.05, 0.1) is 11.2 Å². The Bertz CT molecular complexity index is 2080. The van der Waals surface area contributed by atoms with Gasteiger partial charge in [0.2, 0.25) is 10.0 Å². The lowest BCUT2D eigenvalue weighted by molar-refractivity contribution is -0.127. The third-order valence-electron chi connectivity index (χ3n) is 10.1. The van der Waals surface area contributed by atoms with Gasteiger partial charge in [0.25, 0.3) is 0 Å². The Hall–Kier alpha value is -4.35. The number of fused-ring (bicyclic) bond motifs is 2. The standard InChI is InChI=1S/C37H43N7O3S/c1-7-26-16-31-33(10-9-15-40-31)48(46,47)43(21-26)22-29-18-28(12-11-24(29)3)35(37(5,6)34(45)17-27-19-38-23-39-20-27)30-13-14-32-36(25(30)4)41-42-44(32)8-2/h9-15,18-20,23,26,35H,7-8,16-17,21-22H2,1-6H3/t26-,35-/m0/s1. The Morgan fingerprint density at radius 3 is 2.56 bits per heavy atom. The fourth-order valence-corrected chi connectivity index (χ4v) is 8.72. The van der Waals surface area contributed by atoms with E-state index in [2.05, 4.69) is 50.4 Å². The number of aryl methyl sites for hydroxylation is 3. The summed E-state index contributed by atoms with van der Waals surface area (Å²) in [6, 6.07) is 13.7. The van der Waals surface area contributed by atoms with Gasteiger partial charge >= 0.3 is 0 Å². The molecular formula is C37H43N7O3S. The lowest BCUT2D eigenvalue weighted by Crippen LogP contribution is -2.35. The van der Waals surface area contributed by atoms with Crippen molar-refractivity contribution in [1.29, 1.82) is 0 Å². The number of ketones is 1. The zero-order chi connectivity index (χ0) is 34.2. The van der Waals surface area contributed by atoms with Gasteiger partial charge in [-0.2, -0.15) is 4.31 Å². The molecule has 3 aromatic heterocycles.